The molecule has 0 aliphatic carbocycles. The zero-order valence-corrected chi connectivity index (χ0v) is 18.7. The number of benzene rings is 3. The maximum atomic E-state index is 13.4. The highest BCUT2D eigenvalue weighted by Gasteiger charge is 2.20. The van der Waals surface area contributed by atoms with Gasteiger partial charge in [-0.15, -0.1) is 0 Å². The van der Waals surface area contributed by atoms with Crippen molar-refractivity contribution in [1.82, 2.24) is 9.78 Å². The second-order valence-corrected chi connectivity index (χ2v) is 7.84. The number of aliphatic imine (C=N–C) groups is 1. The fourth-order valence-electron chi connectivity index (χ4n) is 3.32. The van der Waals surface area contributed by atoms with Gasteiger partial charge in [-0.1, -0.05) is 23.2 Å². The lowest BCUT2D eigenvalue weighted by atomic mass is 10.0. The van der Waals surface area contributed by atoms with E-state index in [4.69, 9.17) is 27.9 Å². The number of nitrogens with zero attached hydrogens (tertiary/aromatic N) is 2. The third-order valence-corrected chi connectivity index (χ3v) is 5.47. The van der Waals surface area contributed by atoms with Crippen LogP contribution in [-0.2, 0) is 0 Å². The van der Waals surface area contributed by atoms with Crippen molar-refractivity contribution in [3.63, 3.8) is 0 Å². The molecule has 5 nitrogen and oxygen atoms in total. The molecule has 0 bridgehead atoms. The molecule has 8 heteroatoms. The summed E-state index contributed by atoms with van der Waals surface area (Å²) in [7, 11) is 1.58. The standard InChI is InChI=1S/C24H18Cl2FN3O2/c1-14(28-21-13-16(25)5-12-20(21)26)22-23(15-3-10-19(32-2)11-4-15)29-30(24(22)31)18-8-6-17(27)7-9-18/h3-13,29H,1-2H3. The summed E-state index contributed by atoms with van der Waals surface area (Å²) in [5.41, 5.74) is 2.73. The molecule has 1 aromatic heterocycles. The largest absolute Gasteiger partial charge is 0.497 e. The zero-order chi connectivity index (χ0) is 22.8. The van der Waals surface area contributed by atoms with E-state index in [0.29, 0.717) is 44.1 Å². The fourth-order valence-corrected chi connectivity index (χ4v) is 3.65. The number of ether oxygens (including phenoxy) is 1. The average Bonchev–Trinajstić information content (AvgIpc) is 3.14. The molecule has 0 saturated carbocycles. The Balaban J connectivity index is 1.92. The molecule has 0 radical (unpaired) electrons. The average molecular weight is 470 g/mol. The van der Waals surface area contributed by atoms with Gasteiger partial charge < -0.3 is 4.74 Å². The second-order valence-electron chi connectivity index (χ2n) is 7.00. The Hall–Kier alpha value is -3.35. The van der Waals surface area contributed by atoms with Gasteiger partial charge in [-0.25, -0.2) is 9.07 Å². The van der Waals surface area contributed by atoms with E-state index in [2.05, 4.69) is 10.1 Å². The number of halogens is 3. The third-order valence-electron chi connectivity index (χ3n) is 4.91. The van der Waals surface area contributed by atoms with Gasteiger partial charge in [0, 0.05) is 10.6 Å². The van der Waals surface area contributed by atoms with Gasteiger partial charge in [-0.3, -0.25) is 14.9 Å². The van der Waals surface area contributed by atoms with Crippen LogP contribution in [-0.4, -0.2) is 22.6 Å². The summed E-state index contributed by atoms with van der Waals surface area (Å²) in [6.45, 7) is 1.73. The maximum absolute atomic E-state index is 13.4. The predicted molar refractivity (Wildman–Crippen MR) is 127 cm³/mol. The van der Waals surface area contributed by atoms with Crippen molar-refractivity contribution in [2.24, 2.45) is 4.99 Å². The minimum atomic E-state index is -0.391. The first-order chi connectivity index (χ1) is 15.4. The molecule has 162 valence electrons. The van der Waals surface area contributed by atoms with Crippen molar-refractivity contribution in [2.75, 3.05) is 7.11 Å². The van der Waals surface area contributed by atoms with Crippen LogP contribution in [0.15, 0.2) is 76.5 Å². The summed E-state index contributed by atoms with van der Waals surface area (Å²) >= 11 is 12.4. The molecule has 0 spiro atoms. The topological polar surface area (TPSA) is 59.4 Å². The van der Waals surface area contributed by atoms with Crippen LogP contribution < -0.4 is 10.3 Å². The van der Waals surface area contributed by atoms with Gasteiger partial charge in [-0.2, -0.15) is 0 Å². The van der Waals surface area contributed by atoms with Crippen LogP contribution in [0.3, 0.4) is 0 Å². The molecule has 0 amide bonds. The van der Waals surface area contributed by atoms with E-state index in [0.717, 1.165) is 5.56 Å². The Morgan fingerprint density at radius 1 is 1.03 bits per heavy atom. The lowest BCUT2D eigenvalue weighted by molar-refractivity contribution is 0.415. The summed E-state index contributed by atoms with van der Waals surface area (Å²) in [6.07, 6.45) is 0. The lowest BCUT2D eigenvalue weighted by Gasteiger charge is -2.06. The minimum absolute atomic E-state index is 0.332. The molecule has 1 heterocycles. The Morgan fingerprint density at radius 2 is 1.72 bits per heavy atom. The van der Waals surface area contributed by atoms with Crippen molar-refractivity contribution >= 4 is 34.6 Å². The summed E-state index contributed by atoms with van der Waals surface area (Å²) in [5.74, 6) is 0.295. The van der Waals surface area contributed by atoms with Gasteiger partial charge in [0.25, 0.3) is 5.56 Å². The number of H-pyrrole nitrogens is 1. The smallest absolute Gasteiger partial charge is 0.280 e. The Kier molecular flexibility index (Phi) is 6.17. The highest BCUT2D eigenvalue weighted by atomic mass is 35.5. The third kappa shape index (κ3) is 4.33. The van der Waals surface area contributed by atoms with Crippen LogP contribution in [0, 0.1) is 5.82 Å². The molecule has 4 rings (SSSR count). The highest BCUT2D eigenvalue weighted by Crippen LogP contribution is 2.30. The van der Waals surface area contributed by atoms with Gasteiger partial charge in [0.05, 0.1) is 40.5 Å². The molecule has 3 aromatic carbocycles. The second kappa shape index (κ2) is 9.02. The molecule has 0 atom stereocenters. The van der Waals surface area contributed by atoms with Crippen molar-refractivity contribution in [3.05, 3.63) is 98.5 Å². The van der Waals surface area contributed by atoms with Gasteiger partial charge >= 0.3 is 0 Å². The van der Waals surface area contributed by atoms with Gasteiger partial charge in [0.2, 0.25) is 0 Å². The van der Waals surface area contributed by atoms with E-state index in [-0.39, 0.29) is 5.56 Å². The SMILES string of the molecule is COc1ccc(-c2[nH]n(-c3ccc(F)cc3)c(=O)c2C(C)=Nc2cc(Cl)ccc2Cl)cc1. The Morgan fingerprint density at radius 3 is 2.38 bits per heavy atom. The molecule has 4 aromatic rings. The Bertz CT molecular complexity index is 1360. The van der Waals surface area contributed by atoms with Crippen LogP contribution in [0.2, 0.25) is 10.0 Å². The number of rotatable bonds is 5. The van der Waals surface area contributed by atoms with Crippen molar-refractivity contribution in [3.8, 4) is 22.7 Å². The number of nitrogens with one attached hydrogen (secondary N) is 1. The first kappa shape index (κ1) is 21.9. The quantitative estimate of drug-likeness (QED) is 0.342. The summed E-state index contributed by atoms with van der Waals surface area (Å²) in [5, 5.41) is 4.03. The number of hydrogen-bond donors (Lipinski definition) is 1. The molecule has 0 fully saturated rings. The van der Waals surface area contributed by atoms with E-state index in [1.807, 2.05) is 12.1 Å². The molecule has 0 aliphatic rings. The zero-order valence-electron chi connectivity index (χ0n) is 17.2. The van der Waals surface area contributed by atoms with Crippen LogP contribution in [0.5, 0.6) is 5.75 Å². The number of hydrogen-bond acceptors (Lipinski definition) is 3. The van der Waals surface area contributed by atoms with Crippen molar-refractivity contribution < 1.29 is 9.13 Å². The van der Waals surface area contributed by atoms with E-state index in [9.17, 15) is 9.18 Å². The molecule has 0 saturated heterocycles. The predicted octanol–water partition coefficient (Wildman–Crippen LogP) is 6.43. The molecular formula is C24H18Cl2FN3O2. The van der Waals surface area contributed by atoms with Gasteiger partial charge in [0.1, 0.15) is 11.6 Å². The number of methoxy groups -OCH3 is 1. The van der Waals surface area contributed by atoms with E-state index < -0.39 is 5.82 Å². The molecule has 32 heavy (non-hydrogen) atoms. The van der Waals surface area contributed by atoms with Crippen LogP contribution in [0.25, 0.3) is 16.9 Å². The number of aromatic nitrogens is 2. The highest BCUT2D eigenvalue weighted by molar-refractivity contribution is 6.35. The molecule has 1 N–H and O–H groups in total. The molecule has 0 unspecified atom stereocenters. The van der Waals surface area contributed by atoms with Crippen molar-refractivity contribution in [1.29, 1.82) is 0 Å². The summed E-state index contributed by atoms with van der Waals surface area (Å²) in [6, 6.07) is 17.8. The first-order valence-corrected chi connectivity index (χ1v) is 10.4. The van der Waals surface area contributed by atoms with Crippen molar-refractivity contribution in [2.45, 2.75) is 6.92 Å². The maximum Gasteiger partial charge on any atom is 0.280 e. The van der Waals surface area contributed by atoms with E-state index in [1.165, 1.54) is 28.9 Å². The van der Waals surface area contributed by atoms with Gasteiger partial charge in [0.15, 0.2) is 0 Å². The summed E-state index contributed by atoms with van der Waals surface area (Å²) in [4.78, 5) is 18.0. The molecule has 0 aliphatic heterocycles. The normalized spacial score (nSPS) is 11.6. The Labute approximate surface area is 193 Å². The minimum Gasteiger partial charge on any atom is -0.497 e. The van der Waals surface area contributed by atoms with Crippen LogP contribution in [0.1, 0.15) is 12.5 Å². The van der Waals surface area contributed by atoms with E-state index >= 15 is 0 Å². The van der Waals surface area contributed by atoms with E-state index in [1.54, 1.807) is 44.4 Å². The lowest BCUT2D eigenvalue weighted by Crippen LogP contribution is -2.19. The van der Waals surface area contributed by atoms with Crippen LogP contribution in [0.4, 0.5) is 10.1 Å². The summed E-state index contributed by atoms with van der Waals surface area (Å²) < 4.78 is 20.0. The van der Waals surface area contributed by atoms with Gasteiger partial charge in [-0.05, 0) is 73.7 Å². The molecular weight excluding hydrogens is 452 g/mol. The van der Waals surface area contributed by atoms with Crippen LogP contribution >= 0.6 is 23.2 Å². The number of aromatic amines is 1. The fraction of sp³-hybridized carbons (Fsp3) is 0.0833. The first-order valence-electron chi connectivity index (χ1n) is 9.63. The monoisotopic (exact) mass is 469 g/mol.